The number of nitro groups is 1. The third-order valence-corrected chi connectivity index (χ3v) is 3.14. The highest BCUT2D eigenvalue weighted by Crippen LogP contribution is 2.30. The predicted octanol–water partition coefficient (Wildman–Crippen LogP) is 3.20. The van der Waals surface area contributed by atoms with Gasteiger partial charge in [-0.25, -0.2) is 0 Å². The summed E-state index contributed by atoms with van der Waals surface area (Å²) >= 11 is 0. The maximum atomic E-state index is 11.1. The summed E-state index contributed by atoms with van der Waals surface area (Å²) < 4.78 is 0. The molecular formula is C15H12NO3. The molecule has 4 heteroatoms. The van der Waals surface area contributed by atoms with Gasteiger partial charge < -0.3 is 0 Å². The van der Waals surface area contributed by atoms with Crippen LogP contribution in [-0.2, 0) is 4.79 Å². The molecule has 0 saturated heterocycles. The molecule has 0 bridgehead atoms. The van der Waals surface area contributed by atoms with E-state index in [4.69, 9.17) is 0 Å². The van der Waals surface area contributed by atoms with Crippen molar-refractivity contribution in [1.82, 2.24) is 0 Å². The van der Waals surface area contributed by atoms with Crippen LogP contribution in [0.1, 0.15) is 29.5 Å². The van der Waals surface area contributed by atoms with E-state index in [0.29, 0.717) is 5.56 Å². The van der Waals surface area contributed by atoms with Crippen LogP contribution in [0.4, 0.5) is 5.69 Å². The van der Waals surface area contributed by atoms with Crippen molar-refractivity contribution < 1.29 is 9.72 Å². The van der Waals surface area contributed by atoms with Crippen molar-refractivity contribution in [3.63, 3.8) is 0 Å². The molecule has 19 heavy (non-hydrogen) atoms. The number of benzene rings is 2. The van der Waals surface area contributed by atoms with E-state index < -0.39 is 4.92 Å². The predicted molar refractivity (Wildman–Crippen MR) is 71.9 cm³/mol. The molecule has 2 rings (SSSR count). The number of nitro benzene ring substituents is 1. The summed E-state index contributed by atoms with van der Waals surface area (Å²) in [6.07, 6.45) is 1.70. The molecule has 1 radical (unpaired) electrons. The van der Waals surface area contributed by atoms with Crippen LogP contribution >= 0.6 is 0 Å². The Morgan fingerprint density at radius 3 is 2.37 bits per heavy atom. The summed E-state index contributed by atoms with van der Waals surface area (Å²) in [7, 11) is 0. The van der Waals surface area contributed by atoms with E-state index in [1.54, 1.807) is 18.4 Å². The van der Waals surface area contributed by atoms with Gasteiger partial charge in [0.2, 0.25) is 6.29 Å². The van der Waals surface area contributed by atoms with Gasteiger partial charge in [0.1, 0.15) is 5.56 Å². The molecule has 0 aromatic heterocycles. The fourth-order valence-electron chi connectivity index (χ4n) is 2.10. The van der Waals surface area contributed by atoms with Gasteiger partial charge in [0.25, 0.3) is 5.69 Å². The van der Waals surface area contributed by atoms with E-state index in [0.717, 1.165) is 5.56 Å². The minimum atomic E-state index is -0.554. The van der Waals surface area contributed by atoms with Gasteiger partial charge in [-0.05, 0) is 11.1 Å². The summed E-state index contributed by atoms with van der Waals surface area (Å²) in [4.78, 5) is 21.4. The molecule has 0 aliphatic heterocycles. The van der Waals surface area contributed by atoms with Crippen LogP contribution in [0.5, 0.6) is 0 Å². The lowest BCUT2D eigenvalue weighted by Crippen LogP contribution is -2.04. The van der Waals surface area contributed by atoms with Crippen LogP contribution in [0.2, 0.25) is 0 Å². The van der Waals surface area contributed by atoms with Crippen LogP contribution in [0.15, 0.2) is 48.5 Å². The van der Waals surface area contributed by atoms with Crippen LogP contribution in [0, 0.1) is 10.1 Å². The van der Waals surface area contributed by atoms with Crippen LogP contribution in [0.25, 0.3) is 0 Å². The summed E-state index contributed by atoms with van der Waals surface area (Å²) in [5.41, 5.74) is 1.45. The number of carbonyl (C=O) groups excluding carboxylic acids is 1. The van der Waals surface area contributed by atoms with E-state index >= 15 is 0 Å². The van der Waals surface area contributed by atoms with Gasteiger partial charge in [-0.3, -0.25) is 14.9 Å². The highest BCUT2D eigenvalue weighted by Gasteiger charge is 2.21. The van der Waals surface area contributed by atoms with Crippen molar-refractivity contribution in [2.75, 3.05) is 0 Å². The van der Waals surface area contributed by atoms with Crippen molar-refractivity contribution in [2.45, 2.75) is 12.8 Å². The second-order valence-electron chi connectivity index (χ2n) is 4.23. The Hall–Kier alpha value is -2.49. The SMILES string of the molecule is CC(c1ccccc1)c1cccc([N+](=O)[O-])c1[C]=O. The Morgan fingerprint density at radius 1 is 1.11 bits per heavy atom. The first-order chi connectivity index (χ1) is 9.15. The monoisotopic (exact) mass is 254 g/mol. The van der Waals surface area contributed by atoms with E-state index in [1.807, 2.05) is 37.3 Å². The maximum Gasteiger partial charge on any atom is 0.280 e. The zero-order chi connectivity index (χ0) is 13.8. The fourth-order valence-corrected chi connectivity index (χ4v) is 2.10. The third kappa shape index (κ3) is 2.52. The zero-order valence-corrected chi connectivity index (χ0v) is 10.4. The Morgan fingerprint density at radius 2 is 1.79 bits per heavy atom. The minimum absolute atomic E-state index is 0.0313. The lowest BCUT2D eigenvalue weighted by atomic mass is 9.89. The Kier molecular flexibility index (Phi) is 3.71. The fraction of sp³-hybridized carbons (Fsp3) is 0.133. The summed E-state index contributed by atoms with van der Waals surface area (Å²) in [5.74, 6) is -0.0995. The van der Waals surface area contributed by atoms with E-state index in [1.165, 1.54) is 6.07 Å². The van der Waals surface area contributed by atoms with Gasteiger partial charge in [0, 0.05) is 12.0 Å². The highest BCUT2D eigenvalue weighted by atomic mass is 16.6. The molecule has 0 heterocycles. The van der Waals surface area contributed by atoms with Gasteiger partial charge in [-0.1, -0.05) is 49.4 Å². The first-order valence-electron chi connectivity index (χ1n) is 5.85. The second-order valence-corrected chi connectivity index (χ2v) is 4.23. The molecule has 0 fully saturated rings. The van der Waals surface area contributed by atoms with E-state index in [9.17, 15) is 14.9 Å². The number of rotatable bonds is 4. The molecule has 0 N–H and O–H groups in total. The Labute approximate surface area is 110 Å². The molecule has 2 aromatic carbocycles. The van der Waals surface area contributed by atoms with Crippen LogP contribution < -0.4 is 0 Å². The Bertz CT molecular complexity index is 608. The molecule has 1 unspecified atom stereocenters. The summed E-state index contributed by atoms with van der Waals surface area (Å²) in [6.45, 7) is 1.91. The number of hydrogen-bond acceptors (Lipinski definition) is 3. The molecular weight excluding hydrogens is 242 g/mol. The standard InChI is InChI=1S/C15H12NO3/c1-11(12-6-3-2-4-7-12)13-8-5-9-15(16(18)19)14(13)10-17/h2-9,11H,1H3. The van der Waals surface area contributed by atoms with Crippen molar-refractivity contribution in [3.05, 3.63) is 75.3 Å². The second kappa shape index (κ2) is 5.44. The first-order valence-corrected chi connectivity index (χ1v) is 5.85. The van der Waals surface area contributed by atoms with E-state index in [-0.39, 0.29) is 17.2 Å². The topological polar surface area (TPSA) is 60.2 Å². The van der Waals surface area contributed by atoms with Gasteiger partial charge >= 0.3 is 0 Å². The molecule has 95 valence electrons. The molecule has 1 atom stereocenters. The Balaban J connectivity index is 2.54. The number of hydrogen-bond donors (Lipinski definition) is 0. The molecule has 0 aliphatic carbocycles. The smallest absolute Gasteiger partial charge is 0.280 e. The van der Waals surface area contributed by atoms with Gasteiger partial charge in [0.05, 0.1) is 4.92 Å². The average molecular weight is 254 g/mol. The molecule has 0 spiro atoms. The van der Waals surface area contributed by atoms with Crippen molar-refractivity contribution >= 4 is 12.0 Å². The van der Waals surface area contributed by atoms with Crippen molar-refractivity contribution in [3.8, 4) is 0 Å². The van der Waals surface area contributed by atoms with Crippen molar-refractivity contribution in [2.24, 2.45) is 0 Å². The van der Waals surface area contributed by atoms with Crippen LogP contribution in [0.3, 0.4) is 0 Å². The summed E-state index contributed by atoms with van der Waals surface area (Å²) in [5, 5.41) is 10.9. The van der Waals surface area contributed by atoms with Gasteiger partial charge in [0.15, 0.2) is 0 Å². The summed E-state index contributed by atoms with van der Waals surface area (Å²) in [6, 6.07) is 14.2. The first kappa shape index (κ1) is 13.0. The molecule has 4 nitrogen and oxygen atoms in total. The van der Waals surface area contributed by atoms with E-state index in [2.05, 4.69) is 0 Å². The lowest BCUT2D eigenvalue weighted by molar-refractivity contribution is -0.385. The molecule has 2 aromatic rings. The van der Waals surface area contributed by atoms with Crippen molar-refractivity contribution in [1.29, 1.82) is 0 Å². The maximum absolute atomic E-state index is 11.1. The van der Waals surface area contributed by atoms with Crippen LogP contribution in [-0.4, -0.2) is 11.2 Å². The normalized spacial score (nSPS) is 11.8. The zero-order valence-electron chi connectivity index (χ0n) is 10.4. The minimum Gasteiger partial charge on any atom is -0.285 e. The van der Waals surface area contributed by atoms with Gasteiger partial charge in [-0.15, -0.1) is 0 Å². The average Bonchev–Trinajstić information content (AvgIpc) is 2.46. The lowest BCUT2D eigenvalue weighted by Gasteiger charge is -2.14. The quantitative estimate of drug-likeness (QED) is 0.621. The third-order valence-electron chi connectivity index (χ3n) is 3.14. The molecule has 0 aliphatic rings. The molecule has 0 saturated carbocycles. The largest absolute Gasteiger partial charge is 0.285 e. The molecule has 0 amide bonds. The van der Waals surface area contributed by atoms with Gasteiger partial charge in [-0.2, -0.15) is 0 Å². The highest BCUT2D eigenvalue weighted by molar-refractivity contribution is 5.84. The number of nitrogens with zero attached hydrogens (tertiary/aromatic N) is 1.